The highest BCUT2D eigenvalue weighted by atomic mass is 32.2. The molecule has 0 spiro atoms. The average molecular weight is 409 g/mol. The minimum Gasteiger partial charge on any atom is -0.335 e. The fourth-order valence-electron chi connectivity index (χ4n) is 2.99. The van der Waals surface area contributed by atoms with Crippen LogP contribution in [0.25, 0.3) is 0 Å². The molecule has 1 atom stereocenters. The third-order valence-corrected chi connectivity index (χ3v) is 6.28. The quantitative estimate of drug-likeness (QED) is 0.643. The zero-order valence-electron chi connectivity index (χ0n) is 16.4. The summed E-state index contributed by atoms with van der Waals surface area (Å²) in [7, 11) is -2.02. The van der Waals surface area contributed by atoms with Gasteiger partial charge < -0.3 is 4.90 Å². The van der Waals surface area contributed by atoms with Gasteiger partial charge in [0.1, 0.15) is 0 Å². The third kappa shape index (κ3) is 5.10. The summed E-state index contributed by atoms with van der Waals surface area (Å²) in [5.41, 5.74) is 2.20. The molecule has 29 heavy (non-hydrogen) atoms. The Hall–Kier alpha value is -2.96. The second kappa shape index (κ2) is 9.03. The van der Waals surface area contributed by atoms with Crippen molar-refractivity contribution in [2.45, 2.75) is 24.4 Å². The average Bonchev–Trinajstić information content (AvgIpc) is 2.77. The molecule has 0 aliphatic heterocycles. The van der Waals surface area contributed by atoms with Gasteiger partial charge in [0.2, 0.25) is 10.0 Å². The molecule has 0 saturated heterocycles. The molecule has 3 rings (SSSR count). The van der Waals surface area contributed by atoms with Gasteiger partial charge in [-0.3, -0.25) is 4.79 Å². The number of amides is 1. The number of sulfonamides is 1. The molecule has 1 unspecified atom stereocenters. The van der Waals surface area contributed by atoms with Gasteiger partial charge in [-0.25, -0.2) is 13.1 Å². The van der Waals surface area contributed by atoms with Crippen LogP contribution in [0.1, 0.15) is 34.5 Å². The smallest absolute Gasteiger partial charge is 0.254 e. The lowest BCUT2D eigenvalue weighted by atomic mass is 10.1. The number of benzene rings is 3. The summed E-state index contributed by atoms with van der Waals surface area (Å²) in [6.07, 6.45) is 0. The number of carbonyl (C=O) groups is 1. The predicted molar refractivity (Wildman–Crippen MR) is 114 cm³/mol. The normalized spacial score (nSPS) is 12.3. The van der Waals surface area contributed by atoms with Crippen LogP contribution in [0.3, 0.4) is 0 Å². The minimum absolute atomic E-state index is 0.0695. The van der Waals surface area contributed by atoms with Gasteiger partial charge in [-0.05, 0) is 36.2 Å². The summed E-state index contributed by atoms with van der Waals surface area (Å²) in [5.74, 6) is -0.235. The van der Waals surface area contributed by atoms with E-state index < -0.39 is 10.0 Å². The number of carbonyl (C=O) groups excluding carboxylic acids is 1. The molecular weight excluding hydrogens is 384 g/mol. The molecule has 150 valence electrons. The Morgan fingerprint density at radius 2 is 1.55 bits per heavy atom. The Labute approximate surface area is 172 Å². The van der Waals surface area contributed by atoms with Crippen molar-refractivity contribution < 1.29 is 13.2 Å². The van der Waals surface area contributed by atoms with Gasteiger partial charge in [-0.15, -0.1) is 0 Å². The molecule has 0 aliphatic carbocycles. The van der Waals surface area contributed by atoms with Crippen LogP contribution in [-0.2, 0) is 16.6 Å². The molecule has 1 amide bonds. The summed E-state index contributed by atoms with van der Waals surface area (Å²) in [6.45, 7) is 2.13. The summed E-state index contributed by atoms with van der Waals surface area (Å²) in [4.78, 5) is 14.6. The Morgan fingerprint density at radius 1 is 0.931 bits per heavy atom. The van der Waals surface area contributed by atoms with Crippen LogP contribution in [0.4, 0.5) is 0 Å². The van der Waals surface area contributed by atoms with Crippen molar-refractivity contribution in [1.82, 2.24) is 9.62 Å². The van der Waals surface area contributed by atoms with E-state index in [0.717, 1.165) is 11.1 Å². The van der Waals surface area contributed by atoms with E-state index in [9.17, 15) is 13.2 Å². The van der Waals surface area contributed by atoms with Crippen molar-refractivity contribution in [2.75, 3.05) is 7.05 Å². The predicted octanol–water partition coefficient (Wildman–Crippen LogP) is 4.00. The van der Waals surface area contributed by atoms with Gasteiger partial charge in [0.25, 0.3) is 5.91 Å². The van der Waals surface area contributed by atoms with E-state index >= 15 is 0 Å². The summed E-state index contributed by atoms with van der Waals surface area (Å²) in [5, 5.41) is 0. The summed E-state index contributed by atoms with van der Waals surface area (Å²) < 4.78 is 27.9. The highest BCUT2D eigenvalue weighted by Crippen LogP contribution is 2.21. The molecule has 0 aromatic heterocycles. The monoisotopic (exact) mass is 408 g/mol. The summed E-state index contributed by atoms with van der Waals surface area (Å²) in [6, 6.07) is 25.0. The van der Waals surface area contributed by atoms with E-state index in [4.69, 9.17) is 0 Å². The lowest BCUT2D eigenvalue weighted by Gasteiger charge is -2.25. The van der Waals surface area contributed by atoms with Crippen molar-refractivity contribution in [1.29, 1.82) is 0 Å². The molecule has 0 fully saturated rings. The maximum Gasteiger partial charge on any atom is 0.254 e. The number of rotatable bonds is 7. The standard InChI is InChI=1S/C23H24N2O3S/c1-18(20-12-7-4-8-13-20)25(2)23(26)21-14-9-15-22(16-21)29(27,28)24-17-19-10-5-3-6-11-19/h3-16,18,24H,17H2,1-2H3. The summed E-state index contributed by atoms with van der Waals surface area (Å²) >= 11 is 0. The highest BCUT2D eigenvalue weighted by Gasteiger charge is 2.21. The van der Waals surface area contributed by atoms with Gasteiger partial charge in [0, 0.05) is 19.2 Å². The van der Waals surface area contributed by atoms with Crippen LogP contribution in [-0.4, -0.2) is 26.3 Å². The van der Waals surface area contributed by atoms with Crippen LogP contribution in [0.2, 0.25) is 0 Å². The van der Waals surface area contributed by atoms with E-state index in [-0.39, 0.29) is 23.4 Å². The zero-order chi connectivity index (χ0) is 20.9. The minimum atomic E-state index is -3.73. The van der Waals surface area contributed by atoms with E-state index in [1.165, 1.54) is 12.1 Å². The van der Waals surface area contributed by atoms with Gasteiger partial charge in [-0.1, -0.05) is 66.7 Å². The molecule has 0 radical (unpaired) electrons. The van der Waals surface area contributed by atoms with Crippen molar-refractivity contribution in [3.63, 3.8) is 0 Å². The molecule has 6 heteroatoms. The van der Waals surface area contributed by atoms with Crippen molar-refractivity contribution in [3.8, 4) is 0 Å². The Bertz CT molecular complexity index is 1070. The second-order valence-corrected chi connectivity index (χ2v) is 8.61. The first kappa shape index (κ1) is 20.8. The van der Waals surface area contributed by atoms with E-state index in [0.29, 0.717) is 5.56 Å². The number of nitrogens with zero attached hydrogens (tertiary/aromatic N) is 1. The first-order valence-electron chi connectivity index (χ1n) is 9.34. The van der Waals surface area contributed by atoms with Crippen LogP contribution in [0, 0.1) is 0 Å². The van der Waals surface area contributed by atoms with Gasteiger partial charge in [0.15, 0.2) is 0 Å². The molecule has 3 aromatic carbocycles. The third-order valence-electron chi connectivity index (χ3n) is 4.88. The highest BCUT2D eigenvalue weighted by molar-refractivity contribution is 7.89. The molecule has 1 N–H and O–H groups in total. The molecule has 0 heterocycles. The molecule has 0 bridgehead atoms. The Balaban J connectivity index is 1.76. The maximum absolute atomic E-state index is 12.9. The SMILES string of the molecule is CC(c1ccccc1)N(C)C(=O)c1cccc(S(=O)(=O)NCc2ccccc2)c1. The number of hydrogen-bond donors (Lipinski definition) is 1. The van der Waals surface area contributed by atoms with E-state index in [2.05, 4.69) is 4.72 Å². The van der Waals surface area contributed by atoms with Crippen molar-refractivity contribution in [2.24, 2.45) is 0 Å². The first-order valence-corrected chi connectivity index (χ1v) is 10.8. The molecular formula is C23H24N2O3S. The van der Waals surface area contributed by atoms with Crippen LogP contribution >= 0.6 is 0 Å². The Kier molecular flexibility index (Phi) is 6.46. The fourth-order valence-corrected chi connectivity index (χ4v) is 4.05. The number of nitrogens with one attached hydrogen (secondary N) is 1. The van der Waals surface area contributed by atoms with E-state index in [1.807, 2.05) is 67.6 Å². The van der Waals surface area contributed by atoms with Gasteiger partial charge in [0.05, 0.1) is 10.9 Å². The molecule has 5 nitrogen and oxygen atoms in total. The first-order chi connectivity index (χ1) is 13.9. The lowest BCUT2D eigenvalue weighted by Crippen LogP contribution is -2.30. The Morgan fingerprint density at radius 3 is 2.21 bits per heavy atom. The fraction of sp³-hybridized carbons (Fsp3) is 0.174. The molecule has 0 aliphatic rings. The van der Waals surface area contributed by atoms with Gasteiger partial charge in [-0.2, -0.15) is 0 Å². The molecule has 0 saturated carbocycles. The maximum atomic E-state index is 12.9. The largest absolute Gasteiger partial charge is 0.335 e. The number of hydrogen-bond acceptors (Lipinski definition) is 3. The second-order valence-electron chi connectivity index (χ2n) is 6.84. The van der Waals surface area contributed by atoms with Crippen LogP contribution in [0.5, 0.6) is 0 Å². The van der Waals surface area contributed by atoms with Crippen LogP contribution < -0.4 is 4.72 Å². The lowest BCUT2D eigenvalue weighted by molar-refractivity contribution is 0.0742. The van der Waals surface area contributed by atoms with Crippen molar-refractivity contribution in [3.05, 3.63) is 102 Å². The molecule has 3 aromatic rings. The topological polar surface area (TPSA) is 66.5 Å². The zero-order valence-corrected chi connectivity index (χ0v) is 17.3. The van der Waals surface area contributed by atoms with E-state index in [1.54, 1.807) is 24.1 Å². The van der Waals surface area contributed by atoms with Crippen LogP contribution in [0.15, 0.2) is 89.8 Å². The van der Waals surface area contributed by atoms with Crippen molar-refractivity contribution >= 4 is 15.9 Å². The van der Waals surface area contributed by atoms with Gasteiger partial charge >= 0.3 is 0 Å².